The van der Waals surface area contributed by atoms with Gasteiger partial charge in [0.2, 0.25) is 12.3 Å². The first kappa shape index (κ1) is 20.8. The molecule has 1 unspecified atom stereocenters. The van der Waals surface area contributed by atoms with E-state index >= 15 is 0 Å². The van der Waals surface area contributed by atoms with E-state index < -0.39 is 5.92 Å². The van der Waals surface area contributed by atoms with Gasteiger partial charge in [-0.25, -0.2) is 15.0 Å². The van der Waals surface area contributed by atoms with E-state index in [0.717, 1.165) is 38.2 Å². The van der Waals surface area contributed by atoms with Crippen LogP contribution in [0.5, 0.6) is 0 Å². The zero-order valence-corrected chi connectivity index (χ0v) is 15.6. The fourth-order valence-electron chi connectivity index (χ4n) is 2.82. The number of ether oxygens (including phenoxy) is 1. The molecule has 1 aliphatic heterocycles. The van der Waals surface area contributed by atoms with Gasteiger partial charge < -0.3 is 9.64 Å². The zero-order chi connectivity index (χ0) is 19.5. The molecule has 1 fully saturated rings. The third kappa shape index (κ3) is 6.99. The molecule has 1 atom stereocenters. The van der Waals surface area contributed by atoms with E-state index in [1.54, 1.807) is 6.07 Å². The van der Waals surface area contributed by atoms with Crippen LogP contribution in [0.1, 0.15) is 32.6 Å². The minimum absolute atomic E-state index is 0.0521. The topological polar surface area (TPSA) is 120 Å². The van der Waals surface area contributed by atoms with Crippen molar-refractivity contribution in [2.45, 2.75) is 32.6 Å². The summed E-state index contributed by atoms with van der Waals surface area (Å²) in [5, 5.41) is 9.93. The van der Waals surface area contributed by atoms with Crippen LogP contribution in [0.4, 0.5) is 11.6 Å². The molecule has 1 aromatic heterocycles. The van der Waals surface area contributed by atoms with Gasteiger partial charge in [0.1, 0.15) is 18.0 Å². The minimum Gasteiger partial charge on any atom is -0.378 e. The molecule has 0 saturated carbocycles. The first-order valence-corrected chi connectivity index (χ1v) is 9.25. The average Bonchev–Trinajstić information content (AvgIpc) is 2.72. The SMILES string of the molecule is CCCCCC(CN(O)C=O)C(=O)NNc1cc(N2CCOCC2)ncn1. The number of aromatic nitrogens is 2. The molecule has 2 amide bonds. The molecule has 10 nitrogen and oxygen atoms in total. The normalized spacial score (nSPS) is 15.1. The van der Waals surface area contributed by atoms with Crippen molar-refractivity contribution >= 4 is 24.0 Å². The van der Waals surface area contributed by atoms with Crippen molar-refractivity contribution in [1.29, 1.82) is 0 Å². The van der Waals surface area contributed by atoms with E-state index in [-0.39, 0.29) is 12.5 Å². The van der Waals surface area contributed by atoms with Gasteiger partial charge in [0.15, 0.2) is 0 Å². The number of unbranched alkanes of at least 4 members (excludes halogenated alkanes) is 2. The quantitative estimate of drug-likeness (QED) is 0.223. The molecule has 3 N–H and O–H groups in total. The van der Waals surface area contributed by atoms with Crippen LogP contribution in [0.25, 0.3) is 0 Å². The molecular weight excluding hydrogens is 352 g/mol. The molecule has 1 aromatic rings. The predicted octanol–water partition coefficient (Wildman–Crippen LogP) is 0.800. The number of carbonyl (C=O) groups excluding carboxylic acids is 2. The summed E-state index contributed by atoms with van der Waals surface area (Å²) in [6, 6.07) is 1.75. The van der Waals surface area contributed by atoms with Crippen LogP contribution in [-0.2, 0) is 14.3 Å². The van der Waals surface area contributed by atoms with E-state index in [0.29, 0.717) is 36.9 Å². The first-order chi connectivity index (χ1) is 13.1. The Morgan fingerprint density at radius 3 is 2.89 bits per heavy atom. The van der Waals surface area contributed by atoms with Crippen LogP contribution in [-0.4, -0.2) is 65.4 Å². The van der Waals surface area contributed by atoms with Gasteiger partial charge in [0.05, 0.1) is 25.7 Å². The summed E-state index contributed by atoms with van der Waals surface area (Å²) in [7, 11) is 0. The molecule has 0 aliphatic carbocycles. The van der Waals surface area contributed by atoms with Crippen LogP contribution >= 0.6 is 0 Å². The second-order valence-electron chi connectivity index (χ2n) is 6.40. The highest BCUT2D eigenvalue weighted by Gasteiger charge is 2.21. The van der Waals surface area contributed by atoms with Gasteiger partial charge in [-0.1, -0.05) is 26.2 Å². The number of carbonyl (C=O) groups is 2. The smallest absolute Gasteiger partial charge is 0.243 e. The molecule has 0 radical (unpaired) electrons. The highest BCUT2D eigenvalue weighted by atomic mass is 16.5. The van der Waals surface area contributed by atoms with Crippen LogP contribution in [0.3, 0.4) is 0 Å². The molecule has 1 saturated heterocycles. The van der Waals surface area contributed by atoms with Gasteiger partial charge in [-0.2, -0.15) is 0 Å². The lowest BCUT2D eigenvalue weighted by molar-refractivity contribution is -0.154. The van der Waals surface area contributed by atoms with Crippen LogP contribution in [0.15, 0.2) is 12.4 Å². The second kappa shape index (κ2) is 11.3. The van der Waals surface area contributed by atoms with Crippen molar-refractivity contribution in [3.8, 4) is 0 Å². The highest BCUT2D eigenvalue weighted by molar-refractivity contribution is 5.80. The van der Waals surface area contributed by atoms with Crippen molar-refractivity contribution in [3.63, 3.8) is 0 Å². The Morgan fingerprint density at radius 2 is 2.19 bits per heavy atom. The third-order valence-electron chi connectivity index (χ3n) is 4.36. The summed E-state index contributed by atoms with van der Waals surface area (Å²) >= 11 is 0. The largest absolute Gasteiger partial charge is 0.378 e. The lowest BCUT2D eigenvalue weighted by Gasteiger charge is -2.27. The van der Waals surface area contributed by atoms with E-state index in [9.17, 15) is 14.8 Å². The van der Waals surface area contributed by atoms with Crippen molar-refractivity contribution in [3.05, 3.63) is 12.4 Å². The average molecular weight is 380 g/mol. The van der Waals surface area contributed by atoms with Gasteiger partial charge in [0.25, 0.3) is 0 Å². The van der Waals surface area contributed by atoms with Crippen LogP contribution in [0.2, 0.25) is 0 Å². The molecular formula is C17H28N6O4. The zero-order valence-electron chi connectivity index (χ0n) is 15.6. The summed E-state index contributed by atoms with van der Waals surface area (Å²) in [5.74, 6) is 0.397. The molecule has 2 heterocycles. The van der Waals surface area contributed by atoms with E-state index in [4.69, 9.17) is 4.74 Å². The number of hydrogen-bond acceptors (Lipinski definition) is 8. The Bertz CT molecular complexity index is 597. The predicted molar refractivity (Wildman–Crippen MR) is 99.0 cm³/mol. The van der Waals surface area contributed by atoms with Crippen LogP contribution < -0.4 is 15.8 Å². The van der Waals surface area contributed by atoms with Gasteiger partial charge in [-0.05, 0) is 6.42 Å². The molecule has 10 heteroatoms. The Hall–Kier alpha value is -2.46. The Morgan fingerprint density at radius 1 is 1.41 bits per heavy atom. The Kier molecular flexibility index (Phi) is 8.72. The number of nitrogens with zero attached hydrogens (tertiary/aromatic N) is 4. The Labute approximate surface area is 158 Å². The van der Waals surface area contributed by atoms with Crippen molar-refractivity contribution in [2.24, 2.45) is 5.92 Å². The lowest BCUT2D eigenvalue weighted by Crippen LogP contribution is -2.40. The summed E-state index contributed by atoms with van der Waals surface area (Å²) in [6.07, 6.45) is 5.16. The summed E-state index contributed by atoms with van der Waals surface area (Å²) in [6.45, 7) is 4.82. The fourth-order valence-corrected chi connectivity index (χ4v) is 2.82. The molecule has 0 bridgehead atoms. The maximum absolute atomic E-state index is 12.5. The van der Waals surface area contributed by atoms with Gasteiger partial charge in [0, 0.05) is 19.2 Å². The van der Waals surface area contributed by atoms with E-state index in [1.165, 1.54) is 6.33 Å². The number of rotatable bonds is 11. The minimum atomic E-state index is -0.514. The monoisotopic (exact) mass is 380 g/mol. The third-order valence-corrected chi connectivity index (χ3v) is 4.36. The van der Waals surface area contributed by atoms with Gasteiger partial charge >= 0.3 is 0 Å². The second-order valence-corrected chi connectivity index (χ2v) is 6.40. The van der Waals surface area contributed by atoms with Crippen LogP contribution in [0, 0.1) is 5.92 Å². The van der Waals surface area contributed by atoms with E-state index in [1.807, 2.05) is 0 Å². The van der Waals surface area contributed by atoms with Crippen molar-refractivity contribution in [2.75, 3.05) is 43.2 Å². The number of morpholine rings is 1. The number of nitrogens with one attached hydrogen (secondary N) is 2. The van der Waals surface area contributed by atoms with Gasteiger partial charge in [-0.15, -0.1) is 0 Å². The van der Waals surface area contributed by atoms with Crippen molar-refractivity contribution in [1.82, 2.24) is 20.5 Å². The standard InChI is InChI=1S/C17H28N6O4/c1-2-3-4-5-14(11-23(26)13-24)17(25)21-20-15-10-16(19-12-18-15)22-6-8-27-9-7-22/h10,12-14,26H,2-9,11H2,1H3,(H,21,25)(H,18,19,20). The highest BCUT2D eigenvalue weighted by Crippen LogP contribution is 2.15. The Balaban J connectivity index is 1.91. The lowest BCUT2D eigenvalue weighted by atomic mass is 10.0. The molecule has 27 heavy (non-hydrogen) atoms. The van der Waals surface area contributed by atoms with Gasteiger partial charge in [-0.3, -0.25) is 25.6 Å². The number of anilines is 2. The molecule has 0 spiro atoms. The first-order valence-electron chi connectivity index (χ1n) is 9.25. The van der Waals surface area contributed by atoms with E-state index in [2.05, 4.69) is 32.6 Å². The molecule has 2 rings (SSSR count). The molecule has 150 valence electrons. The number of hydroxylamine groups is 2. The fraction of sp³-hybridized carbons (Fsp3) is 0.647. The molecule has 1 aliphatic rings. The van der Waals surface area contributed by atoms with Crippen molar-refractivity contribution < 1.29 is 19.5 Å². The molecule has 0 aromatic carbocycles. The summed E-state index contributed by atoms with van der Waals surface area (Å²) < 4.78 is 5.33. The number of hydrogen-bond donors (Lipinski definition) is 3. The number of hydrazine groups is 1. The maximum atomic E-state index is 12.5. The summed E-state index contributed by atoms with van der Waals surface area (Å²) in [5.41, 5.74) is 5.40. The summed E-state index contributed by atoms with van der Waals surface area (Å²) in [4.78, 5) is 33.6. The maximum Gasteiger partial charge on any atom is 0.243 e. The number of amides is 2.